The Labute approximate surface area is 120 Å². The lowest BCUT2D eigenvalue weighted by Crippen LogP contribution is -2.44. The minimum atomic E-state index is 0.0763. The maximum absolute atomic E-state index is 12.0. The van der Waals surface area contributed by atoms with Gasteiger partial charge in [0.1, 0.15) is 0 Å². The summed E-state index contributed by atoms with van der Waals surface area (Å²) in [6.07, 6.45) is 0.476. The third-order valence-corrected chi connectivity index (χ3v) is 3.73. The molecule has 20 heavy (non-hydrogen) atoms. The van der Waals surface area contributed by atoms with Crippen LogP contribution in [0.5, 0.6) is 0 Å². The van der Waals surface area contributed by atoms with Crippen molar-refractivity contribution >= 4 is 5.91 Å². The van der Waals surface area contributed by atoms with E-state index in [1.807, 2.05) is 0 Å². The highest BCUT2D eigenvalue weighted by Crippen LogP contribution is 2.16. The van der Waals surface area contributed by atoms with Gasteiger partial charge < -0.3 is 15.4 Å². The minimum absolute atomic E-state index is 0.0763. The number of carbonyl (C=O) groups is 1. The second kappa shape index (κ2) is 6.86. The Morgan fingerprint density at radius 2 is 2.05 bits per heavy atom. The summed E-state index contributed by atoms with van der Waals surface area (Å²) >= 11 is 0. The molecular formula is C16H24N2O2. The highest BCUT2D eigenvalue weighted by molar-refractivity contribution is 5.76. The number of hydrogen-bond donors (Lipinski definition) is 2. The van der Waals surface area contributed by atoms with Crippen molar-refractivity contribution in [1.82, 2.24) is 10.6 Å². The highest BCUT2D eigenvalue weighted by Gasteiger charge is 2.16. The van der Waals surface area contributed by atoms with Crippen molar-refractivity contribution in [2.24, 2.45) is 0 Å². The van der Waals surface area contributed by atoms with Crippen molar-refractivity contribution in [3.8, 4) is 0 Å². The van der Waals surface area contributed by atoms with Crippen LogP contribution < -0.4 is 10.6 Å². The third kappa shape index (κ3) is 4.05. The van der Waals surface area contributed by atoms with Crippen molar-refractivity contribution in [3.63, 3.8) is 0 Å². The predicted molar refractivity (Wildman–Crippen MR) is 79.7 cm³/mol. The van der Waals surface area contributed by atoms with Gasteiger partial charge in [-0.15, -0.1) is 0 Å². The number of nitrogens with one attached hydrogen (secondary N) is 2. The van der Waals surface area contributed by atoms with Gasteiger partial charge in [-0.1, -0.05) is 17.7 Å². The van der Waals surface area contributed by atoms with E-state index in [0.29, 0.717) is 19.6 Å². The second-order valence-electron chi connectivity index (χ2n) is 5.58. The Hall–Kier alpha value is -1.39. The fourth-order valence-corrected chi connectivity index (χ4v) is 2.72. The molecule has 1 atom stereocenters. The van der Waals surface area contributed by atoms with E-state index in [9.17, 15) is 4.79 Å². The number of carbonyl (C=O) groups excluding carboxylic acids is 1. The average Bonchev–Trinajstić information content (AvgIpc) is 2.38. The van der Waals surface area contributed by atoms with E-state index in [4.69, 9.17) is 4.74 Å². The molecule has 0 spiro atoms. The van der Waals surface area contributed by atoms with Crippen LogP contribution in [0.3, 0.4) is 0 Å². The Morgan fingerprint density at radius 3 is 2.65 bits per heavy atom. The van der Waals surface area contributed by atoms with Crippen LogP contribution in [0.15, 0.2) is 12.1 Å². The number of ether oxygens (including phenoxy) is 1. The molecule has 0 radical (unpaired) electrons. The van der Waals surface area contributed by atoms with Gasteiger partial charge >= 0.3 is 0 Å². The summed E-state index contributed by atoms with van der Waals surface area (Å²) in [6.45, 7) is 9.07. The minimum Gasteiger partial charge on any atom is -0.378 e. The summed E-state index contributed by atoms with van der Waals surface area (Å²) in [7, 11) is 0. The quantitative estimate of drug-likeness (QED) is 0.878. The molecule has 1 unspecified atom stereocenters. The largest absolute Gasteiger partial charge is 0.378 e. The number of amides is 1. The van der Waals surface area contributed by atoms with Crippen LogP contribution >= 0.6 is 0 Å². The molecule has 1 aliphatic heterocycles. The van der Waals surface area contributed by atoms with Crippen molar-refractivity contribution < 1.29 is 9.53 Å². The summed E-state index contributed by atoms with van der Waals surface area (Å²) in [4.78, 5) is 12.0. The van der Waals surface area contributed by atoms with Crippen molar-refractivity contribution in [2.75, 3.05) is 19.8 Å². The topological polar surface area (TPSA) is 50.4 Å². The number of hydrogen-bond acceptors (Lipinski definition) is 3. The summed E-state index contributed by atoms with van der Waals surface area (Å²) in [6, 6.07) is 4.46. The van der Waals surface area contributed by atoms with Gasteiger partial charge in [0.25, 0.3) is 0 Å². The van der Waals surface area contributed by atoms with Gasteiger partial charge in [0.2, 0.25) is 5.91 Å². The van der Waals surface area contributed by atoms with Gasteiger partial charge in [-0.2, -0.15) is 0 Å². The number of benzene rings is 1. The van der Waals surface area contributed by atoms with Crippen molar-refractivity contribution in [1.29, 1.82) is 0 Å². The molecular weight excluding hydrogens is 252 g/mol. The molecule has 110 valence electrons. The van der Waals surface area contributed by atoms with Gasteiger partial charge in [-0.05, 0) is 37.5 Å². The molecule has 1 aliphatic rings. The van der Waals surface area contributed by atoms with E-state index >= 15 is 0 Å². The molecule has 1 aromatic carbocycles. The Morgan fingerprint density at radius 1 is 1.35 bits per heavy atom. The molecule has 0 aliphatic carbocycles. The first-order chi connectivity index (χ1) is 9.56. The molecule has 4 nitrogen and oxygen atoms in total. The molecule has 0 aromatic heterocycles. The molecule has 0 bridgehead atoms. The molecule has 4 heteroatoms. The average molecular weight is 276 g/mol. The van der Waals surface area contributed by atoms with Crippen LogP contribution in [-0.2, 0) is 16.1 Å². The lowest BCUT2D eigenvalue weighted by molar-refractivity contribution is -0.122. The van der Waals surface area contributed by atoms with Crippen LogP contribution in [0.4, 0.5) is 0 Å². The first-order valence-corrected chi connectivity index (χ1v) is 7.21. The smallest absolute Gasteiger partial charge is 0.221 e. The zero-order chi connectivity index (χ0) is 14.5. The standard InChI is InChI=1S/C16H24N2O2/c1-11-6-12(2)15(13(3)7-11)9-18-16(19)8-14-10-20-5-4-17-14/h6-7,14,17H,4-5,8-10H2,1-3H3,(H,18,19). The van der Waals surface area contributed by atoms with Gasteiger partial charge in [0.15, 0.2) is 0 Å². The van der Waals surface area contributed by atoms with Crippen LogP contribution in [0.25, 0.3) is 0 Å². The van der Waals surface area contributed by atoms with Gasteiger partial charge in [-0.25, -0.2) is 0 Å². The first-order valence-electron chi connectivity index (χ1n) is 7.21. The SMILES string of the molecule is Cc1cc(C)c(CNC(=O)CC2COCCN2)c(C)c1. The monoisotopic (exact) mass is 276 g/mol. The Balaban J connectivity index is 1.87. The molecule has 2 rings (SSSR count). The number of aryl methyl sites for hydroxylation is 3. The molecule has 1 amide bonds. The van der Waals surface area contributed by atoms with E-state index in [0.717, 1.165) is 13.2 Å². The molecule has 1 saturated heterocycles. The van der Waals surface area contributed by atoms with Crippen LogP contribution in [0.2, 0.25) is 0 Å². The molecule has 2 N–H and O–H groups in total. The van der Waals surface area contributed by atoms with Crippen LogP contribution in [0.1, 0.15) is 28.7 Å². The van der Waals surface area contributed by atoms with Crippen LogP contribution in [-0.4, -0.2) is 31.7 Å². The Kier molecular flexibility index (Phi) is 5.15. The van der Waals surface area contributed by atoms with Gasteiger partial charge in [0.05, 0.1) is 13.2 Å². The van der Waals surface area contributed by atoms with Gasteiger partial charge in [-0.3, -0.25) is 4.79 Å². The summed E-state index contributed by atoms with van der Waals surface area (Å²) in [5.41, 5.74) is 4.96. The van der Waals surface area contributed by atoms with Crippen LogP contribution in [0, 0.1) is 20.8 Å². The van der Waals surface area contributed by atoms with E-state index in [1.54, 1.807) is 0 Å². The molecule has 1 fully saturated rings. The zero-order valence-electron chi connectivity index (χ0n) is 12.6. The van der Waals surface area contributed by atoms with E-state index in [2.05, 4.69) is 43.5 Å². The summed E-state index contributed by atoms with van der Waals surface area (Å²) in [5.74, 6) is 0.0763. The third-order valence-electron chi connectivity index (χ3n) is 3.73. The number of rotatable bonds is 4. The maximum Gasteiger partial charge on any atom is 0.221 e. The second-order valence-corrected chi connectivity index (χ2v) is 5.58. The van der Waals surface area contributed by atoms with E-state index in [1.165, 1.54) is 22.3 Å². The fourth-order valence-electron chi connectivity index (χ4n) is 2.72. The zero-order valence-corrected chi connectivity index (χ0v) is 12.6. The van der Waals surface area contributed by atoms with Crippen molar-refractivity contribution in [2.45, 2.75) is 39.8 Å². The molecule has 1 aromatic rings. The Bertz CT molecular complexity index is 456. The first kappa shape index (κ1) is 15.0. The predicted octanol–water partition coefficient (Wildman–Crippen LogP) is 1.61. The molecule has 0 saturated carbocycles. The fraction of sp³-hybridized carbons (Fsp3) is 0.562. The normalized spacial score (nSPS) is 18.9. The van der Waals surface area contributed by atoms with E-state index < -0.39 is 0 Å². The number of morpholine rings is 1. The summed E-state index contributed by atoms with van der Waals surface area (Å²) < 4.78 is 5.35. The van der Waals surface area contributed by atoms with Gasteiger partial charge in [0, 0.05) is 25.6 Å². The summed E-state index contributed by atoms with van der Waals surface area (Å²) in [5, 5.41) is 6.31. The lowest BCUT2D eigenvalue weighted by atomic mass is 10.00. The molecule has 1 heterocycles. The maximum atomic E-state index is 12.0. The van der Waals surface area contributed by atoms with Crippen molar-refractivity contribution in [3.05, 3.63) is 34.4 Å². The van der Waals surface area contributed by atoms with E-state index in [-0.39, 0.29) is 11.9 Å². The highest BCUT2D eigenvalue weighted by atomic mass is 16.5. The lowest BCUT2D eigenvalue weighted by Gasteiger charge is -2.23.